The number of hydrogen-bond acceptors (Lipinski definition) is 7. The summed E-state index contributed by atoms with van der Waals surface area (Å²) < 4.78 is 41.7. The van der Waals surface area contributed by atoms with E-state index in [1.807, 2.05) is 13.0 Å². The Morgan fingerprint density at radius 3 is 2.63 bits per heavy atom. The van der Waals surface area contributed by atoms with E-state index in [1.54, 1.807) is 48.7 Å². The molecule has 2 aliphatic rings. The van der Waals surface area contributed by atoms with Crippen LogP contribution in [0.3, 0.4) is 0 Å². The zero-order valence-electron chi connectivity index (χ0n) is 18.6. The number of benzene rings is 1. The summed E-state index contributed by atoms with van der Waals surface area (Å²) in [5.74, 6) is -0.812. The number of nitrogens with zero attached hydrogens (tertiary/aromatic N) is 4. The van der Waals surface area contributed by atoms with E-state index in [1.165, 1.54) is 6.20 Å². The van der Waals surface area contributed by atoms with Crippen LogP contribution < -0.4 is 10.5 Å². The van der Waals surface area contributed by atoms with Crippen LogP contribution in [0.5, 0.6) is 11.5 Å². The molecule has 1 spiro atoms. The predicted molar refractivity (Wildman–Crippen MR) is 125 cm³/mol. The van der Waals surface area contributed by atoms with Gasteiger partial charge in [0.25, 0.3) is 5.95 Å². The lowest BCUT2D eigenvalue weighted by atomic mass is 9.79. The normalized spacial score (nSPS) is 18.4. The third-order valence-electron chi connectivity index (χ3n) is 6.17. The lowest BCUT2D eigenvalue weighted by molar-refractivity contribution is 0.109. The first-order valence-electron chi connectivity index (χ1n) is 10.9. The van der Waals surface area contributed by atoms with Crippen LogP contribution in [0.1, 0.15) is 16.8 Å². The van der Waals surface area contributed by atoms with Crippen molar-refractivity contribution >= 4 is 5.84 Å². The molecule has 3 aromatic heterocycles. The maximum Gasteiger partial charge on any atom is 0.256 e. The van der Waals surface area contributed by atoms with Gasteiger partial charge >= 0.3 is 0 Å². The molecule has 2 N–H and O–H groups in total. The Labute approximate surface area is 199 Å². The van der Waals surface area contributed by atoms with Crippen LogP contribution in [0, 0.1) is 18.8 Å². The largest absolute Gasteiger partial charge is 0.452 e. The van der Waals surface area contributed by atoms with Crippen LogP contribution in [-0.2, 0) is 10.3 Å². The summed E-state index contributed by atoms with van der Waals surface area (Å²) in [4.78, 5) is 16.9. The maximum absolute atomic E-state index is 15.4. The van der Waals surface area contributed by atoms with Crippen molar-refractivity contribution in [1.29, 1.82) is 0 Å². The molecule has 6 rings (SSSR count). The molecule has 7 nitrogen and oxygen atoms in total. The van der Waals surface area contributed by atoms with E-state index in [4.69, 9.17) is 20.2 Å². The van der Waals surface area contributed by atoms with Gasteiger partial charge in [-0.3, -0.25) is 9.98 Å². The average Bonchev–Trinajstić information content (AvgIpc) is 2.85. The van der Waals surface area contributed by atoms with Crippen LogP contribution in [0.4, 0.5) is 8.78 Å². The van der Waals surface area contributed by atoms with Gasteiger partial charge in [-0.05, 0) is 55.0 Å². The minimum absolute atomic E-state index is 0.0469. The van der Waals surface area contributed by atoms with Crippen LogP contribution in [0.25, 0.3) is 22.4 Å². The molecule has 4 aromatic rings. The maximum atomic E-state index is 15.4. The minimum atomic E-state index is -1.21. The fourth-order valence-corrected chi connectivity index (χ4v) is 4.61. The van der Waals surface area contributed by atoms with E-state index in [0.717, 1.165) is 5.69 Å². The average molecular weight is 471 g/mol. The first kappa shape index (κ1) is 21.3. The van der Waals surface area contributed by atoms with Gasteiger partial charge in [0, 0.05) is 40.3 Å². The van der Waals surface area contributed by atoms with Gasteiger partial charge in [0.05, 0.1) is 12.3 Å². The van der Waals surface area contributed by atoms with Crippen molar-refractivity contribution in [2.45, 2.75) is 12.5 Å². The molecule has 35 heavy (non-hydrogen) atoms. The Bertz CT molecular complexity index is 1520. The standard InChI is InChI=1S/C26H19F2N5O2/c1-14-9-16(6-8-30-14)20-11-19-23(25(28)32-20)35-21-5-4-15(17-3-2-7-31-24(17)27)10-18(21)26(19)13-34-12-22(29)33-26/h2-11H,12-13H2,1H3,(H2,29,33). The number of ether oxygens (including phenoxy) is 2. The van der Waals surface area contributed by atoms with Crippen molar-refractivity contribution in [3.63, 3.8) is 0 Å². The Kier molecular flexibility index (Phi) is 4.82. The molecule has 0 amide bonds. The van der Waals surface area contributed by atoms with Crippen LogP contribution in [0.15, 0.2) is 65.9 Å². The monoisotopic (exact) mass is 471 g/mol. The van der Waals surface area contributed by atoms with Crippen molar-refractivity contribution in [3.05, 3.63) is 89.6 Å². The Balaban J connectivity index is 1.61. The number of nitrogens with two attached hydrogens (primary N) is 1. The minimum Gasteiger partial charge on any atom is -0.452 e. The first-order valence-corrected chi connectivity index (χ1v) is 10.9. The van der Waals surface area contributed by atoms with Crippen molar-refractivity contribution in [1.82, 2.24) is 15.0 Å². The van der Waals surface area contributed by atoms with Crippen LogP contribution >= 0.6 is 0 Å². The molecule has 0 fully saturated rings. The third kappa shape index (κ3) is 3.43. The van der Waals surface area contributed by atoms with E-state index >= 15 is 4.39 Å². The highest BCUT2D eigenvalue weighted by atomic mass is 19.1. The summed E-state index contributed by atoms with van der Waals surface area (Å²) >= 11 is 0. The molecule has 1 atom stereocenters. The van der Waals surface area contributed by atoms with Gasteiger partial charge in [0.2, 0.25) is 5.95 Å². The van der Waals surface area contributed by atoms with Gasteiger partial charge in [0.1, 0.15) is 23.7 Å². The van der Waals surface area contributed by atoms with Crippen LogP contribution in [0.2, 0.25) is 0 Å². The molecular weight excluding hydrogens is 452 g/mol. The Morgan fingerprint density at radius 1 is 0.943 bits per heavy atom. The van der Waals surface area contributed by atoms with Crippen molar-refractivity contribution in [2.24, 2.45) is 10.7 Å². The second kappa shape index (κ2) is 7.92. The number of aryl methyl sites for hydroxylation is 1. The lowest BCUT2D eigenvalue weighted by Crippen LogP contribution is -2.42. The molecule has 0 radical (unpaired) electrons. The van der Waals surface area contributed by atoms with Gasteiger partial charge in [-0.25, -0.2) is 9.97 Å². The SMILES string of the molecule is Cc1cc(-c2cc3c(c(F)n2)Oc2ccc(-c4cccnc4F)cc2C32COCC(N)=N2)ccn1. The first-order chi connectivity index (χ1) is 16.9. The number of halogens is 2. The predicted octanol–water partition coefficient (Wildman–Crippen LogP) is 4.53. The molecule has 0 saturated carbocycles. The molecular formula is C26H19F2N5O2. The van der Waals surface area contributed by atoms with Gasteiger partial charge in [-0.15, -0.1) is 0 Å². The second-order valence-corrected chi connectivity index (χ2v) is 8.47. The van der Waals surface area contributed by atoms with E-state index in [2.05, 4.69) is 15.0 Å². The summed E-state index contributed by atoms with van der Waals surface area (Å²) in [6.45, 7) is 2.08. The summed E-state index contributed by atoms with van der Waals surface area (Å²) in [5.41, 5.74) is 8.67. The fourth-order valence-electron chi connectivity index (χ4n) is 4.61. The number of amidine groups is 1. The highest BCUT2D eigenvalue weighted by molar-refractivity contribution is 5.84. The summed E-state index contributed by atoms with van der Waals surface area (Å²) in [6.07, 6.45) is 3.02. The van der Waals surface area contributed by atoms with Crippen LogP contribution in [-0.4, -0.2) is 34.0 Å². The number of rotatable bonds is 2. The van der Waals surface area contributed by atoms with Gasteiger partial charge in [-0.1, -0.05) is 6.07 Å². The molecule has 9 heteroatoms. The van der Waals surface area contributed by atoms with Crippen molar-refractivity contribution < 1.29 is 18.3 Å². The molecule has 1 aromatic carbocycles. The number of hydrogen-bond donors (Lipinski definition) is 1. The van der Waals surface area contributed by atoms with E-state index < -0.39 is 17.4 Å². The van der Waals surface area contributed by atoms with Gasteiger partial charge in [-0.2, -0.15) is 8.78 Å². The van der Waals surface area contributed by atoms with E-state index in [-0.39, 0.29) is 24.8 Å². The number of pyridine rings is 3. The molecule has 1 unspecified atom stereocenters. The van der Waals surface area contributed by atoms with E-state index in [0.29, 0.717) is 39.3 Å². The molecule has 0 saturated heterocycles. The molecule has 0 aliphatic carbocycles. The van der Waals surface area contributed by atoms with Crippen molar-refractivity contribution in [3.8, 4) is 33.9 Å². The summed E-state index contributed by atoms with van der Waals surface area (Å²) in [7, 11) is 0. The van der Waals surface area contributed by atoms with Crippen molar-refractivity contribution in [2.75, 3.05) is 13.2 Å². The topological polar surface area (TPSA) is 95.5 Å². The van der Waals surface area contributed by atoms with Gasteiger partial charge in [0.15, 0.2) is 5.75 Å². The zero-order chi connectivity index (χ0) is 24.2. The lowest BCUT2D eigenvalue weighted by Gasteiger charge is -2.39. The fraction of sp³-hybridized carbons (Fsp3) is 0.154. The Morgan fingerprint density at radius 2 is 1.83 bits per heavy atom. The molecule has 2 aliphatic heterocycles. The smallest absolute Gasteiger partial charge is 0.256 e. The molecule has 174 valence electrons. The number of fused-ring (bicyclic) bond motifs is 4. The quantitative estimate of drug-likeness (QED) is 0.432. The highest BCUT2D eigenvalue weighted by Gasteiger charge is 2.46. The summed E-state index contributed by atoms with van der Waals surface area (Å²) in [6, 6.07) is 13.7. The Hall–Kier alpha value is -4.24. The number of aromatic nitrogens is 3. The summed E-state index contributed by atoms with van der Waals surface area (Å²) in [5, 5.41) is 0. The molecule has 5 heterocycles. The highest BCUT2D eigenvalue weighted by Crippen LogP contribution is 2.52. The second-order valence-electron chi connectivity index (χ2n) is 8.47. The molecule has 0 bridgehead atoms. The third-order valence-corrected chi connectivity index (χ3v) is 6.17. The van der Waals surface area contributed by atoms with E-state index in [9.17, 15) is 4.39 Å². The van der Waals surface area contributed by atoms with Gasteiger partial charge < -0.3 is 15.2 Å². The number of aliphatic imine (C=N–C) groups is 1. The zero-order valence-corrected chi connectivity index (χ0v) is 18.6.